The number of fused-ring (bicyclic) bond motifs is 1. The third-order valence-electron chi connectivity index (χ3n) is 3.76. The van der Waals surface area contributed by atoms with Gasteiger partial charge in [-0.15, -0.1) is 0 Å². The Balaban J connectivity index is 1.84. The van der Waals surface area contributed by atoms with Gasteiger partial charge in [-0.25, -0.2) is 0 Å². The quantitative estimate of drug-likeness (QED) is 0.617. The fraction of sp³-hybridized carbons (Fsp3) is 0.250. The highest BCUT2D eigenvalue weighted by Gasteiger charge is 2.22. The number of benzene rings is 2. The fourth-order valence-corrected chi connectivity index (χ4v) is 3.19. The lowest BCUT2D eigenvalue weighted by Gasteiger charge is -2.16. The summed E-state index contributed by atoms with van der Waals surface area (Å²) >= 11 is 2.38. The molecule has 98 valence electrons. The van der Waals surface area contributed by atoms with Crippen LogP contribution in [0.25, 0.3) is 0 Å². The Hall–Kier alpha value is -1.23. The molecule has 1 atom stereocenters. The molecule has 0 bridgehead atoms. The van der Waals surface area contributed by atoms with E-state index in [-0.39, 0.29) is 0 Å². The number of rotatable bonds is 2. The lowest BCUT2D eigenvalue weighted by molar-refractivity contribution is 0.762. The van der Waals surface area contributed by atoms with E-state index in [9.17, 15) is 0 Å². The van der Waals surface area contributed by atoms with Crippen LogP contribution in [0.4, 0.5) is 11.4 Å². The van der Waals surface area contributed by atoms with E-state index in [0.717, 1.165) is 18.5 Å². The summed E-state index contributed by atoms with van der Waals surface area (Å²) in [6, 6.07) is 13.2. The summed E-state index contributed by atoms with van der Waals surface area (Å²) < 4.78 is 1.30. The topological polar surface area (TPSA) is 38.0 Å². The van der Waals surface area contributed by atoms with Crippen molar-refractivity contribution in [2.75, 3.05) is 11.1 Å². The Morgan fingerprint density at radius 3 is 2.84 bits per heavy atom. The van der Waals surface area contributed by atoms with Crippen molar-refractivity contribution in [1.82, 2.24) is 0 Å². The number of aryl methyl sites for hydroxylation is 2. The van der Waals surface area contributed by atoms with Crippen LogP contribution >= 0.6 is 22.6 Å². The van der Waals surface area contributed by atoms with Gasteiger partial charge in [0.15, 0.2) is 0 Å². The minimum atomic E-state index is 0.411. The highest BCUT2D eigenvalue weighted by molar-refractivity contribution is 14.1. The van der Waals surface area contributed by atoms with E-state index in [1.807, 2.05) is 6.07 Å². The van der Waals surface area contributed by atoms with Crippen LogP contribution in [0.3, 0.4) is 0 Å². The zero-order valence-corrected chi connectivity index (χ0v) is 13.1. The monoisotopic (exact) mass is 364 g/mol. The smallest absolute Gasteiger partial charge is 0.0519 e. The van der Waals surface area contributed by atoms with Crippen LogP contribution in [0.15, 0.2) is 36.4 Å². The SMILES string of the molecule is Cc1ccc(NC2CCc3cc(N)ccc32)cc1I. The molecule has 1 unspecified atom stereocenters. The highest BCUT2D eigenvalue weighted by Crippen LogP contribution is 2.35. The van der Waals surface area contributed by atoms with Gasteiger partial charge in [-0.2, -0.15) is 0 Å². The van der Waals surface area contributed by atoms with Gasteiger partial charge in [-0.1, -0.05) is 12.1 Å². The van der Waals surface area contributed by atoms with Crippen molar-refractivity contribution in [3.05, 3.63) is 56.7 Å². The molecule has 19 heavy (non-hydrogen) atoms. The second kappa shape index (κ2) is 5.04. The maximum absolute atomic E-state index is 5.84. The first-order chi connectivity index (χ1) is 9.13. The van der Waals surface area contributed by atoms with Crippen molar-refractivity contribution in [3.8, 4) is 0 Å². The van der Waals surface area contributed by atoms with Crippen molar-refractivity contribution in [1.29, 1.82) is 0 Å². The van der Waals surface area contributed by atoms with Gasteiger partial charge in [0.2, 0.25) is 0 Å². The van der Waals surface area contributed by atoms with E-state index >= 15 is 0 Å². The number of nitrogens with one attached hydrogen (secondary N) is 1. The first-order valence-corrected chi connectivity index (χ1v) is 7.62. The van der Waals surface area contributed by atoms with Gasteiger partial charge >= 0.3 is 0 Å². The summed E-state index contributed by atoms with van der Waals surface area (Å²) in [5, 5.41) is 3.64. The molecular weight excluding hydrogens is 347 g/mol. The summed E-state index contributed by atoms with van der Waals surface area (Å²) in [4.78, 5) is 0. The van der Waals surface area contributed by atoms with E-state index in [1.165, 1.54) is 25.9 Å². The summed E-state index contributed by atoms with van der Waals surface area (Å²) in [6.07, 6.45) is 2.25. The number of hydrogen-bond donors (Lipinski definition) is 2. The summed E-state index contributed by atoms with van der Waals surface area (Å²) in [5.74, 6) is 0. The van der Waals surface area contributed by atoms with Crippen LogP contribution in [-0.2, 0) is 6.42 Å². The number of hydrogen-bond acceptors (Lipinski definition) is 2. The third-order valence-corrected chi connectivity index (χ3v) is 4.92. The molecule has 2 aromatic carbocycles. The van der Waals surface area contributed by atoms with E-state index < -0.39 is 0 Å². The lowest BCUT2D eigenvalue weighted by atomic mass is 10.1. The van der Waals surface area contributed by atoms with Gasteiger partial charge in [0.1, 0.15) is 0 Å². The molecule has 0 aromatic heterocycles. The molecule has 0 heterocycles. The Morgan fingerprint density at radius 1 is 1.21 bits per heavy atom. The predicted octanol–water partition coefficient (Wildman–Crippen LogP) is 4.28. The molecule has 0 fully saturated rings. The maximum atomic E-state index is 5.84. The van der Waals surface area contributed by atoms with E-state index in [4.69, 9.17) is 5.73 Å². The van der Waals surface area contributed by atoms with Crippen LogP contribution in [0.1, 0.15) is 29.2 Å². The molecule has 0 aliphatic heterocycles. The molecule has 3 heteroatoms. The van der Waals surface area contributed by atoms with Gasteiger partial charge in [-0.05, 0) is 83.3 Å². The average Bonchev–Trinajstić information content (AvgIpc) is 2.76. The Labute approximate surface area is 127 Å². The zero-order valence-electron chi connectivity index (χ0n) is 10.9. The van der Waals surface area contributed by atoms with Gasteiger partial charge in [0.05, 0.1) is 6.04 Å². The van der Waals surface area contributed by atoms with Gasteiger partial charge in [-0.3, -0.25) is 0 Å². The molecule has 0 saturated carbocycles. The summed E-state index contributed by atoms with van der Waals surface area (Å²) in [5.41, 5.74) is 12.0. The van der Waals surface area contributed by atoms with Gasteiger partial charge < -0.3 is 11.1 Å². The molecule has 0 amide bonds. The van der Waals surface area contributed by atoms with Crippen LogP contribution in [-0.4, -0.2) is 0 Å². The summed E-state index contributed by atoms with van der Waals surface area (Å²) in [6.45, 7) is 2.14. The largest absolute Gasteiger partial charge is 0.399 e. The fourth-order valence-electron chi connectivity index (χ4n) is 2.67. The first-order valence-electron chi connectivity index (χ1n) is 6.54. The van der Waals surface area contributed by atoms with Crippen LogP contribution < -0.4 is 11.1 Å². The normalized spacial score (nSPS) is 17.3. The van der Waals surface area contributed by atoms with Crippen molar-refractivity contribution in [3.63, 3.8) is 0 Å². The second-order valence-electron chi connectivity index (χ2n) is 5.16. The minimum Gasteiger partial charge on any atom is -0.399 e. The Morgan fingerprint density at radius 2 is 2.05 bits per heavy atom. The minimum absolute atomic E-state index is 0.411. The third kappa shape index (κ3) is 2.56. The van der Waals surface area contributed by atoms with Crippen molar-refractivity contribution in [2.24, 2.45) is 0 Å². The highest BCUT2D eigenvalue weighted by atomic mass is 127. The van der Waals surface area contributed by atoms with Crippen LogP contribution in [0.5, 0.6) is 0 Å². The maximum Gasteiger partial charge on any atom is 0.0519 e. The molecule has 0 radical (unpaired) electrons. The molecule has 0 saturated heterocycles. The summed E-state index contributed by atoms with van der Waals surface area (Å²) in [7, 11) is 0. The molecule has 1 aliphatic carbocycles. The van der Waals surface area contributed by atoms with Crippen LogP contribution in [0, 0.1) is 10.5 Å². The van der Waals surface area contributed by atoms with E-state index in [2.05, 4.69) is 65.2 Å². The number of halogens is 1. The Bertz CT molecular complexity index is 622. The molecular formula is C16H17IN2. The molecule has 3 N–H and O–H groups in total. The molecule has 0 spiro atoms. The average molecular weight is 364 g/mol. The van der Waals surface area contributed by atoms with E-state index in [0.29, 0.717) is 6.04 Å². The standard InChI is InChI=1S/C16H17IN2/c1-10-2-5-13(9-15(10)17)19-16-7-3-11-8-12(18)4-6-14(11)16/h2,4-6,8-9,16,19H,3,7,18H2,1H3. The second-order valence-corrected chi connectivity index (χ2v) is 6.32. The number of nitrogens with two attached hydrogens (primary N) is 1. The molecule has 2 nitrogen and oxygen atoms in total. The first kappa shape index (κ1) is 12.8. The van der Waals surface area contributed by atoms with Crippen molar-refractivity contribution in [2.45, 2.75) is 25.8 Å². The molecule has 3 rings (SSSR count). The number of anilines is 2. The number of nitrogen functional groups attached to an aromatic ring is 1. The molecule has 1 aliphatic rings. The Kier molecular flexibility index (Phi) is 3.39. The van der Waals surface area contributed by atoms with Gasteiger partial charge in [0, 0.05) is 14.9 Å². The van der Waals surface area contributed by atoms with Gasteiger partial charge in [0.25, 0.3) is 0 Å². The van der Waals surface area contributed by atoms with E-state index in [1.54, 1.807) is 0 Å². The van der Waals surface area contributed by atoms with Crippen molar-refractivity contribution < 1.29 is 0 Å². The van der Waals surface area contributed by atoms with Crippen molar-refractivity contribution >= 4 is 34.0 Å². The van der Waals surface area contributed by atoms with Crippen LogP contribution in [0.2, 0.25) is 0 Å². The lowest BCUT2D eigenvalue weighted by Crippen LogP contribution is -2.07. The zero-order chi connectivity index (χ0) is 13.4. The molecule has 2 aromatic rings. The predicted molar refractivity (Wildman–Crippen MR) is 89.4 cm³/mol.